The first-order valence-electron chi connectivity index (χ1n) is 6.44. The van der Waals surface area contributed by atoms with Crippen molar-refractivity contribution < 1.29 is 4.74 Å². The lowest BCUT2D eigenvalue weighted by molar-refractivity contribution is 0.222. The van der Waals surface area contributed by atoms with Crippen molar-refractivity contribution in [2.45, 2.75) is 52.6 Å². The lowest BCUT2D eigenvalue weighted by Gasteiger charge is -2.09. The van der Waals surface area contributed by atoms with Crippen molar-refractivity contribution in [1.82, 2.24) is 15.0 Å². The molecule has 0 bridgehead atoms. The number of anilines is 1. The SMILES string of the molecule is CCCCCCNc1nc(Cl)nc(OC(C)C)n1. The molecule has 0 radical (unpaired) electrons. The van der Waals surface area contributed by atoms with Gasteiger partial charge < -0.3 is 10.1 Å². The monoisotopic (exact) mass is 272 g/mol. The summed E-state index contributed by atoms with van der Waals surface area (Å²) in [4.78, 5) is 12.1. The summed E-state index contributed by atoms with van der Waals surface area (Å²) in [6, 6.07) is 0.265. The molecular formula is C12H21ClN4O. The fourth-order valence-corrected chi connectivity index (χ4v) is 1.58. The molecule has 1 rings (SSSR count). The predicted octanol–water partition coefficient (Wildman–Crippen LogP) is 3.30. The standard InChI is InChI=1S/C12H21ClN4O/c1-4-5-6-7-8-14-11-15-10(13)16-12(17-11)18-9(2)3/h9H,4-8H2,1-3H3,(H,14,15,16,17). The molecule has 6 heteroatoms. The third-order valence-corrected chi connectivity index (χ3v) is 2.41. The number of ether oxygens (including phenoxy) is 1. The first-order chi connectivity index (χ1) is 8.61. The van der Waals surface area contributed by atoms with E-state index in [4.69, 9.17) is 16.3 Å². The number of nitrogens with zero attached hydrogens (tertiary/aromatic N) is 3. The zero-order valence-electron chi connectivity index (χ0n) is 11.2. The van der Waals surface area contributed by atoms with Crippen LogP contribution in [0.25, 0.3) is 0 Å². The van der Waals surface area contributed by atoms with Crippen LogP contribution in [0, 0.1) is 0 Å². The maximum absolute atomic E-state index is 5.81. The Labute approximate surface area is 113 Å². The lowest BCUT2D eigenvalue weighted by atomic mass is 10.2. The number of halogens is 1. The van der Waals surface area contributed by atoms with E-state index in [1.807, 2.05) is 13.8 Å². The van der Waals surface area contributed by atoms with Crippen LogP contribution in [0.1, 0.15) is 46.5 Å². The molecule has 1 heterocycles. The normalized spacial score (nSPS) is 10.7. The summed E-state index contributed by atoms with van der Waals surface area (Å²) in [5.41, 5.74) is 0. The smallest absolute Gasteiger partial charge is 0.322 e. The predicted molar refractivity (Wildman–Crippen MR) is 73.2 cm³/mol. The maximum atomic E-state index is 5.81. The van der Waals surface area contributed by atoms with Gasteiger partial charge in [0.15, 0.2) is 0 Å². The van der Waals surface area contributed by atoms with E-state index in [0.29, 0.717) is 5.95 Å². The average Bonchev–Trinajstić information content (AvgIpc) is 2.27. The lowest BCUT2D eigenvalue weighted by Crippen LogP contribution is -2.12. The highest BCUT2D eigenvalue weighted by Crippen LogP contribution is 2.12. The topological polar surface area (TPSA) is 59.9 Å². The molecular weight excluding hydrogens is 252 g/mol. The highest BCUT2D eigenvalue weighted by Gasteiger charge is 2.07. The van der Waals surface area contributed by atoms with E-state index < -0.39 is 0 Å². The molecule has 0 saturated carbocycles. The molecule has 0 atom stereocenters. The van der Waals surface area contributed by atoms with E-state index in [-0.39, 0.29) is 17.4 Å². The molecule has 1 aromatic rings. The molecule has 0 aliphatic heterocycles. The van der Waals surface area contributed by atoms with Gasteiger partial charge in [-0.2, -0.15) is 15.0 Å². The molecule has 1 N–H and O–H groups in total. The van der Waals surface area contributed by atoms with E-state index in [1.165, 1.54) is 19.3 Å². The third kappa shape index (κ3) is 6.00. The van der Waals surface area contributed by atoms with Crippen LogP contribution in [0.4, 0.5) is 5.95 Å². The van der Waals surface area contributed by atoms with Gasteiger partial charge >= 0.3 is 6.01 Å². The highest BCUT2D eigenvalue weighted by molar-refractivity contribution is 6.28. The summed E-state index contributed by atoms with van der Waals surface area (Å²) in [5.74, 6) is 0.474. The molecule has 5 nitrogen and oxygen atoms in total. The number of unbranched alkanes of at least 4 members (excludes halogenated alkanes) is 3. The van der Waals surface area contributed by atoms with Gasteiger partial charge in [0.1, 0.15) is 0 Å². The fourth-order valence-electron chi connectivity index (χ4n) is 1.43. The Morgan fingerprint density at radius 1 is 1.17 bits per heavy atom. The zero-order chi connectivity index (χ0) is 13.4. The van der Waals surface area contributed by atoms with Gasteiger partial charge in [-0.25, -0.2) is 0 Å². The number of rotatable bonds is 8. The molecule has 0 aliphatic rings. The Morgan fingerprint density at radius 3 is 2.61 bits per heavy atom. The summed E-state index contributed by atoms with van der Waals surface area (Å²) >= 11 is 5.81. The van der Waals surface area contributed by atoms with Crippen molar-refractivity contribution in [3.63, 3.8) is 0 Å². The minimum Gasteiger partial charge on any atom is -0.461 e. The maximum Gasteiger partial charge on any atom is 0.322 e. The van der Waals surface area contributed by atoms with Crippen LogP contribution < -0.4 is 10.1 Å². The van der Waals surface area contributed by atoms with Gasteiger partial charge in [-0.05, 0) is 31.9 Å². The van der Waals surface area contributed by atoms with Crippen LogP contribution in [0.2, 0.25) is 5.28 Å². The molecule has 0 unspecified atom stereocenters. The summed E-state index contributed by atoms with van der Waals surface area (Å²) in [6.07, 6.45) is 4.79. The van der Waals surface area contributed by atoms with Crippen LogP contribution in [-0.4, -0.2) is 27.6 Å². The molecule has 0 aliphatic carbocycles. The zero-order valence-corrected chi connectivity index (χ0v) is 12.0. The van der Waals surface area contributed by atoms with Crippen LogP contribution in [0.15, 0.2) is 0 Å². The summed E-state index contributed by atoms with van der Waals surface area (Å²) < 4.78 is 5.39. The molecule has 0 spiro atoms. The van der Waals surface area contributed by atoms with E-state index >= 15 is 0 Å². The van der Waals surface area contributed by atoms with E-state index in [9.17, 15) is 0 Å². The third-order valence-electron chi connectivity index (χ3n) is 2.24. The Kier molecular flexibility index (Phi) is 6.72. The molecule has 18 heavy (non-hydrogen) atoms. The van der Waals surface area contributed by atoms with Crippen molar-refractivity contribution in [1.29, 1.82) is 0 Å². The van der Waals surface area contributed by atoms with Crippen LogP contribution in [0.3, 0.4) is 0 Å². The molecule has 0 fully saturated rings. The molecule has 0 saturated heterocycles. The first-order valence-corrected chi connectivity index (χ1v) is 6.81. The Balaban J connectivity index is 2.46. The van der Waals surface area contributed by atoms with E-state index in [2.05, 4.69) is 27.2 Å². The summed E-state index contributed by atoms with van der Waals surface area (Å²) in [7, 11) is 0. The second kappa shape index (κ2) is 8.08. The Morgan fingerprint density at radius 2 is 1.94 bits per heavy atom. The molecule has 1 aromatic heterocycles. The highest BCUT2D eigenvalue weighted by atomic mass is 35.5. The van der Waals surface area contributed by atoms with Crippen molar-refractivity contribution in [3.8, 4) is 6.01 Å². The van der Waals surface area contributed by atoms with Gasteiger partial charge in [0.25, 0.3) is 0 Å². The van der Waals surface area contributed by atoms with Gasteiger partial charge in [-0.15, -0.1) is 0 Å². The number of hydrogen-bond acceptors (Lipinski definition) is 5. The number of hydrogen-bond donors (Lipinski definition) is 1. The molecule has 102 valence electrons. The van der Waals surface area contributed by atoms with E-state index in [0.717, 1.165) is 13.0 Å². The molecule has 0 aromatic carbocycles. The van der Waals surface area contributed by atoms with Crippen molar-refractivity contribution in [2.75, 3.05) is 11.9 Å². The summed E-state index contributed by atoms with van der Waals surface area (Å²) in [6.45, 7) is 6.85. The van der Waals surface area contributed by atoms with Crippen molar-refractivity contribution in [2.24, 2.45) is 0 Å². The van der Waals surface area contributed by atoms with E-state index in [1.54, 1.807) is 0 Å². The second-order valence-corrected chi connectivity index (χ2v) is 4.70. The largest absolute Gasteiger partial charge is 0.461 e. The quantitative estimate of drug-likeness (QED) is 0.736. The minimum absolute atomic E-state index is 0.0147. The number of nitrogens with one attached hydrogen (secondary N) is 1. The molecule has 0 amide bonds. The Hall–Kier alpha value is -1.10. The van der Waals surface area contributed by atoms with Crippen LogP contribution in [0.5, 0.6) is 6.01 Å². The van der Waals surface area contributed by atoms with Crippen LogP contribution >= 0.6 is 11.6 Å². The van der Waals surface area contributed by atoms with Crippen molar-refractivity contribution in [3.05, 3.63) is 5.28 Å². The average molecular weight is 273 g/mol. The first kappa shape index (κ1) is 15.0. The minimum atomic E-state index is 0.0147. The number of aromatic nitrogens is 3. The van der Waals surface area contributed by atoms with Gasteiger partial charge in [0, 0.05) is 6.54 Å². The Bertz CT molecular complexity index is 360. The van der Waals surface area contributed by atoms with Gasteiger partial charge in [-0.1, -0.05) is 26.2 Å². The van der Waals surface area contributed by atoms with Gasteiger partial charge in [0.05, 0.1) is 6.10 Å². The fraction of sp³-hybridized carbons (Fsp3) is 0.750. The van der Waals surface area contributed by atoms with Gasteiger partial charge in [0.2, 0.25) is 11.2 Å². The summed E-state index contributed by atoms with van der Waals surface area (Å²) in [5, 5.41) is 3.28. The van der Waals surface area contributed by atoms with Gasteiger partial charge in [-0.3, -0.25) is 0 Å². The van der Waals surface area contributed by atoms with Crippen LogP contribution in [-0.2, 0) is 0 Å². The second-order valence-electron chi connectivity index (χ2n) is 4.36. The van der Waals surface area contributed by atoms with Crippen molar-refractivity contribution >= 4 is 17.5 Å².